The summed E-state index contributed by atoms with van der Waals surface area (Å²) >= 11 is 1.43. The van der Waals surface area contributed by atoms with Crippen LogP contribution in [0.25, 0.3) is 0 Å². The summed E-state index contributed by atoms with van der Waals surface area (Å²) in [6, 6.07) is 1.50. The number of aliphatic hydroxyl groups is 1. The van der Waals surface area contributed by atoms with Crippen LogP contribution in [0.4, 0.5) is 5.00 Å². The topological polar surface area (TPSA) is 72.3 Å². The molecule has 56 valence electrons. The molecule has 1 aromatic heterocycles. The minimum atomic E-state index is -0.284. The van der Waals surface area contributed by atoms with E-state index in [1.54, 1.807) is 6.07 Å². The average molecular weight is 158 g/mol. The molecule has 0 bridgehead atoms. The largest absolute Gasteiger partial charge is 0.394 e. The molecule has 1 rings (SSSR count). The van der Waals surface area contributed by atoms with Crippen molar-refractivity contribution in [2.45, 2.75) is 6.04 Å². The number of nitrogen functional groups attached to an aromatic ring is 1. The van der Waals surface area contributed by atoms with Crippen molar-refractivity contribution in [3.8, 4) is 0 Å². The van der Waals surface area contributed by atoms with Crippen molar-refractivity contribution in [1.29, 1.82) is 0 Å². The number of rotatable bonds is 2. The van der Waals surface area contributed by atoms with Gasteiger partial charge in [-0.3, -0.25) is 0 Å². The zero-order valence-corrected chi connectivity index (χ0v) is 6.27. The van der Waals surface area contributed by atoms with Crippen LogP contribution in [0.2, 0.25) is 0 Å². The first-order valence-electron chi connectivity index (χ1n) is 2.94. The van der Waals surface area contributed by atoms with E-state index in [1.165, 1.54) is 11.3 Å². The standard InChI is InChI=1S/C6H10N2OS/c7-5(2-9)4-1-6(8)10-3-4/h1,3,5,9H,2,7-8H2/t5-/m0/s1. The highest BCUT2D eigenvalue weighted by atomic mass is 32.1. The average Bonchev–Trinajstić information content (AvgIpc) is 2.34. The van der Waals surface area contributed by atoms with Gasteiger partial charge in [-0.15, -0.1) is 11.3 Å². The van der Waals surface area contributed by atoms with Gasteiger partial charge in [-0.1, -0.05) is 0 Å². The third-order valence-electron chi connectivity index (χ3n) is 1.26. The number of thiophene rings is 1. The van der Waals surface area contributed by atoms with E-state index >= 15 is 0 Å². The smallest absolute Gasteiger partial charge is 0.0859 e. The molecule has 1 heterocycles. The molecule has 5 N–H and O–H groups in total. The summed E-state index contributed by atoms with van der Waals surface area (Å²) in [6.45, 7) is -0.0316. The fourth-order valence-corrected chi connectivity index (χ4v) is 1.39. The lowest BCUT2D eigenvalue weighted by Crippen LogP contribution is -2.13. The van der Waals surface area contributed by atoms with Gasteiger partial charge >= 0.3 is 0 Å². The summed E-state index contributed by atoms with van der Waals surface area (Å²) in [4.78, 5) is 0. The van der Waals surface area contributed by atoms with Crippen molar-refractivity contribution in [3.63, 3.8) is 0 Å². The van der Waals surface area contributed by atoms with Crippen LogP contribution in [-0.2, 0) is 0 Å². The van der Waals surface area contributed by atoms with E-state index in [0.29, 0.717) is 0 Å². The minimum Gasteiger partial charge on any atom is -0.394 e. The Balaban J connectivity index is 2.74. The van der Waals surface area contributed by atoms with E-state index in [-0.39, 0.29) is 12.6 Å². The summed E-state index contributed by atoms with van der Waals surface area (Å²) in [7, 11) is 0. The Morgan fingerprint density at radius 3 is 2.80 bits per heavy atom. The van der Waals surface area contributed by atoms with E-state index in [4.69, 9.17) is 16.6 Å². The lowest BCUT2D eigenvalue weighted by atomic mass is 10.2. The fourth-order valence-electron chi connectivity index (χ4n) is 0.668. The Labute approximate surface area is 63.3 Å². The number of anilines is 1. The lowest BCUT2D eigenvalue weighted by molar-refractivity contribution is 0.268. The van der Waals surface area contributed by atoms with E-state index in [0.717, 1.165) is 10.6 Å². The number of nitrogens with two attached hydrogens (primary N) is 2. The van der Waals surface area contributed by atoms with Crippen LogP contribution in [0, 0.1) is 0 Å². The Bertz CT molecular complexity index is 211. The maximum atomic E-state index is 8.64. The number of hydrogen-bond acceptors (Lipinski definition) is 4. The van der Waals surface area contributed by atoms with Crippen molar-refractivity contribution in [3.05, 3.63) is 17.0 Å². The Morgan fingerprint density at radius 1 is 1.70 bits per heavy atom. The summed E-state index contributed by atoms with van der Waals surface area (Å²) in [5, 5.41) is 11.2. The van der Waals surface area contributed by atoms with Gasteiger partial charge in [0, 0.05) is 0 Å². The maximum Gasteiger partial charge on any atom is 0.0859 e. The molecule has 0 unspecified atom stereocenters. The van der Waals surface area contributed by atoms with Crippen LogP contribution < -0.4 is 11.5 Å². The normalized spacial score (nSPS) is 13.4. The summed E-state index contributed by atoms with van der Waals surface area (Å²) in [6.07, 6.45) is 0. The first-order chi connectivity index (χ1) is 4.74. The quantitative estimate of drug-likeness (QED) is 0.580. The van der Waals surface area contributed by atoms with Crippen molar-refractivity contribution in [1.82, 2.24) is 0 Å². The molecular formula is C6H10N2OS. The van der Waals surface area contributed by atoms with Gasteiger partial charge in [-0.2, -0.15) is 0 Å². The Hall–Kier alpha value is -0.580. The third kappa shape index (κ3) is 1.47. The molecule has 3 nitrogen and oxygen atoms in total. The molecular weight excluding hydrogens is 148 g/mol. The molecule has 0 aliphatic rings. The summed E-state index contributed by atoms with van der Waals surface area (Å²) < 4.78 is 0. The van der Waals surface area contributed by atoms with Gasteiger partial charge in [0.15, 0.2) is 0 Å². The monoisotopic (exact) mass is 158 g/mol. The Morgan fingerprint density at radius 2 is 2.40 bits per heavy atom. The van der Waals surface area contributed by atoms with E-state index in [1.807, 2.05) is 5.38 Å². The fraction of sp³-hybridized carbons (Fsp3) is 0.333. The minimum absolute atomic E-state index is 0.0316. The molecule has 0 aliphatic heterocycles. The molecule has 0 spiro atoms. The van der Waals surface area contributed by atoms with Crippen LogP contribution in [0.5, 0.6) is 0 Å². The Kier molecular flexibility index (Phi) is 2.26. The number of hydrogen-bond donors (Lipinski definition) is 3. The van der Waals surface area contributed by atoms with Gasteiger partial charge in [-0.05, 0) is 17.0 Å². The molecule has 4 heteroatoms. The van der Waals surface area contributed by atoms with Gasteiger partial charge in [0.05, 0.1) is 17.6 Å². The van der Waals surface area contributed by atoms with Crippen LogP contribution in [0.1, 0.15) is 11.6 Å². The van der Waals surface area contributed by atoms with Crippen molar-refractivity contribution >= 4 is 16.3 Å². The van der Waals surface area contributed by atoms with E-state index in [9.17, 15) is 0 Å². The molecule has 0 fully saturated rings. The summed E-state index contributed by atoms with van der Waals surface area (Å²) in [5.74, 6) is 0. The zero-order valence-electron chi connectivity index (χ0n) is 5.45. The molecule has 0 saturated carbocycles. The molecule has 1 atom stereocenters. The lowest BCUT2D eigenvalue weighted by Gasteiger charge is -2.02. The molecule has 10 heavy (non-hydrogen) atoms. The highest BCUT2D eigenvalue weighted by Gasteiger charge is 2.04. The van der Waals surface area contributed by atoms with Crippen LogP contribution in [0.3, 0.4) is 0 Å². The van der Waals surface area contributed by atoms with Crippen molar-refractivity contribution in [2.75, 3.05) is 12.3 Å². The van der Waals surface area contributed by atoms with E-state index in [2.05, 4.69) is 0 Å². The van der Waals surface area contributed by atoms with Crippen molar-refractivity contribution < 1.29 is 5.11 Å². The molecule has 0 radical (unpaired) electrons. The molecule has 0 amide bonds. The first-order valence-corrected chi connectivity index (χ1v) is 3.82. The molecule has 1 aromatic rings. The number of aliphatic hydroxyl groups excluding tert-OH is 1. The van der Waals surface area contributed by atoms with E-state index < -0.39 is 0 Å². The van der Waals surface area contributed by atoms with Gasteiger partial charge in [0.2, 0.25) is 0 Å². The van der Waals surface area contributed by atoms with Crippen molar-refractivity contribution in [2.24, 2.45) is 5.73 Å². The molecule has 0 aliphatic carbocycles. The van der Waals surface area contributed by atoms with Crippen LogP contribution >= 0.6 is 11.3 Å². The predicted octanol–water partition coefficient (Wildman–Crippen LogP) is 0.322. The second kappa shape index (κ2) is 3.01. The third-order valence-corrected chi connectivity index (χ3v) is 2.04. The van der Waals surface area contributed by atoms with Crippen LogP contribution in [0.15, 0.2) is 11.4 Å². The molecule has 0 saturated heterocycles. The second-order valence-corrected chi connectivity index (χ2v) is 3.01. The predicted molar refractivity (Wildman–Crippen MR) is 42.7 cm³/mol. The first kappa shape index (κ1) is 7.53. The van der Waals surface area contributed by atoms with Gasteiger partial charge in [0.1, 0.15) is 0 Å². The van der Waals surface area contributed by atoms with Gasteiger partial charge in [0.25, 0.3) is 0 Å². The zero-order chi connectivity index (χ0) is 7.56. The maximum absolute atomic E-state index is 8.64. The van der Waals surface area contributed by atoms with Crippen LogP contribution in [-0.4, -0.2) is 11.7 Å². The highest BCUT2D eigenvalue weighted by Crippen LogP contribution is 2.20. The van der Waals surface area contributed by atoms with Gasteiger partial charge in [-0.25, -0.2) is 0 Å². The summed E-state index contributed by atoms with van der Waals surface area (Å²) in [5.41, 5.74) is 11.9. The highest BCUT2D eigenvalue weighted by molar-refractivity contribution is 7.14. The SMILES string of the molecule is Nc1cc([C@@H](N)CO)cs1. The molecule has 0 aromatic carbocycles. The van der Waals surface area contributed by atoms with Gasteiger partial charge < -0.3 is 16.6 Å². The second-order valence-electron chi connectivity index (χ2n) is 2.07.